The van der Waals surface area contributed by atoms with Gasteiger partial charge in [-0.05, 0) is 30.5 Å². The summed E-state index contributed by atoms with van der Waals surface area (Å²) in [5, 5.41) is 0. The molecule has 2 atom stereocenters. The number of fused-ring (bicyclic) bond motifs is 1. The molecule has 1 aliphatic heterocycles. The fourth-order valence-corrected chi connectivity index (χ4v) is 2.66. The molecule has 2 rings (SSSR count). The Morgan fingerprint density at radius 3 is 2.95 bits per heavy atom. The highest BCUT2D eigenvalue weighted by Crippen LogP contribution is 2.30. The normalized spacial score (nSPS) is 16.8. The van der Waals surface area contributed by atoms with Crippen LogP contribution in [0.15, 0.2) is 18.2 Å². The Labute approximate surface area is 115 Å². The van der Waals surface area contributed by atoms with Gasteiger partial charge in [-0.1, -0.05) is 25.5 Å². The Balaban J connectivity index is 2.19. The highest BCUT2D eigenvalue weighted by atomic mass is 16.5. The summed E-state index contributed by atoms with van der Waals surface area (Å²) in [7, 11) is 0. The summed E-state index contributed by atoms with van der Waals surface area (Å²) in [6.07, 6.45) is 3.17. The number of rotatable bonds is 7. The first kappa shape index (κ1) is 14.3. The molecule has 0 aromatic heterocycles. The van der Waals surface area contributed by atoms with Gasteiger partial charge in [0.25, 0.3) is 0 Å². The van der Waals surface area contributed by atoms with Crippen LogP contribution in [0, 0.1) is 0 Å². The van der Waals surface area contributed by atoms with Crippen LogP contribution in [0.4, 0.5) is 0 Å². The summed E-state index contributed by atoms with van der Waals surface area (Å²) < 4.78 is 11.4. The van der Waals surface area contributed by atoms with Crippen molar-refractivity contribution in [2.75, 3.05) is 13.2 Å². The lowest BCUT2D eigenvalue weighted by Crippen LogP contribution is -2.38. The van der Waals surface area contributed by atoms with Crippen LogP contribution >= 0.6 is 0 Å². The summed E-state index contributed by atoms with van der Waals surface area (Å²) in [6, 6.07) is 6.34. The van der Waals surface area contributed by atoms with Crippen LogP contribution in [0.1, 0.15) is 43.9 Å². The minimum Gasteiger partial charge on any atom is -0.493 e. The van der Waals surface area contributed by atoms with Crippen molar-refractivity contribution in [2.24, 2.45) is 5.84 Å². The zero-order chi connectivity index (χ0) is 13.7. The van der Waals surface area contributed by atoms with E-state index < -0.39 is 0 Å². The van der Waals surface area contributed by atoms with E-state index in [0.717, 1.165) is 31.6 Å². The van der Waals surface area contributed by atoms with Gasteiger partial charge < -0.3 is 9.47 Å². The third kappa shape index (κ3) is 3.26. The van der Waals surface area contributed by atoms with Gasteiger partial charge in [0.2, 0.25) is 0 Å². The van der Waals surface area contributed by atoms with E-state index in [2.05, 4.69) is 24.5 Å². The molecule has 0 saturated heterocycles. The average Bonchev–Trinajstić information content (AvgIpc) is 2.87. The van der Waals surface area contributed by atoms with Crippen LogP contribution in [0.2, 0.25) is 0 Å². The second-order valence-electron chi connectivity index (χ2n) is 4.89. The Kier molecular flexibility index (Phi) is 5.19. The number of hydrogen-bond donors (Lipinski definition) is 2. The van der Waals surface area contributed by atoms with E-state index in [-0.39, 0.29) is 12.1 Å². The van der Waals surface area contributed by atoms with Gasteiger partial charge in [0.05, 0.1) is 18.8 Å². The van der Waals surface area contributed by atoms with Gasteiger partial charge in [-0.3, -0.25) is 11.3 Å². The predicted octanol–water partition coefficient (Wildman–Crippen LogP) is 2.33. The Morgan fingerprint density at radius 2 is 2.26 bits per heavy atom. The summed E-state index contributed by atoms with van der Waals surface area (Å²) in [5.41, 5.74) is 5.36. The third-order valence-corrected chi connectivity index (χ3v) is 3.58. The highest BCUT2D eigenvalue weighted by Gasteiger charge is 2.23. The molecule has 106 valence electrons. The van der Waals surface area contributed by atoms with Crippen molar-refractivity contribution in [3.05, 3.63) is 29.3 Å². The average molecular weight is 264 g/mol. The van der Waals surface area contributed by atoms with Crippen molar-refractivity contribution in [1.82, 2.24) is 5.43 Å². The van der Waals surface area contributed by atoms with Crippen LogP contribution in [0.25, 0.3) is 0 Å². The Morgan fingerprint density at radius 1 is 1.42 bits per heavy atom. The molecule has 3 N–H and O–H groups in total. The number of hydrazine groups is 1. The summed E-state index contributed by atoms with van der Waals surface area (Å²) in [5.74, 6) is 6.75. The van der Waals surface area contributed by atoms with Gasteiger partial charge in [-0.2, -0.15) is 0 Å². The van der Waals surface area contributed by atoms with Crippen molar-refractivity contribution in [1.29, 1.82) is 0 Å². The molecular weight excluding hydrogens is 240 g/mol. The standard InChI is InChI=1S/C15H24N2O2/c1-3-5-14(18-4-2)15(17-16)12-6-7-13-11(10-12)8-9-19-13/h6-7,10,14-15,17H,3-5,8-9,16H2,1-2H3. The molecule has 1 aromatic carbocycles. The number of benzene rings is 1. The number of nitrogens with one attached hydrogen (secondary N) is 1. The molecule has 1 aromatic rings. The second-order valence-corrected chi connectivity index (χ2v) is 4.89. The summed E-state index contributed by atoms with van der Waals surface area (Å²) in [4.78, 5) is 0. The fourth-order valence-electron chi connectivity index (χ4n) is 2.66. The van der Waals surface area contributed by atoms with Crippen molar-refractivity contribution in [3.63, 3.8) is 0 Å². The first-order chi connectivity index (χ1) is 9.30. The highest BCUT2D eigenvalue weighted by molar-refractivity contribution is 5.41. The van der Waals surface area contributed by atoms with Gasteiger partial charge in [0.1, 0.15) is 5.75 Å². The summed E-state index contributed by atoms with van der Waals surface area (Å²) in [6.45, 7) is 5.67. The molecule has 0 amide bonds. The lowest BCUT2D eigenvalue weighted by molar-refractivity contribution is 0.0276. The first-order valence-corrected chi connectivity index (χ1v) is 7.13. The van der Waals surface area contributed by atoms with Gasteiger partial charge in [0, 0.05) is 13.0 Å². The number of ether oxygens (including phenoxy) is 2. The molecule has 4 nitrogen and oxygen atoms in total. The summed E-state index contributed by atoms with van der Waals surface area (Å²) >= 11 is 0. The lowest BCUT2D eigenvalue weighted by Gasteiger charge is -2.27. The zero-order valence-corrected chi connectivity index (χ0v) is 11.8. The van der Waals surface area contributed by atoms with Crippen LogP contribution in [-0.4, -0.2) is 19.3 Å². The molecule has 0 radical (unpaired) electrons. The van der Waals surface area contributed by atoms with E-state index in [0.29, 0.717) is 6.61 Å². The molecule has 0 spiro atoms. The third-order valence-electron chi connectivity index (χ3n) is 3.58. The van der Waals surface area contributed by atoms with Crippen molar-refractivity contribution in [3.8, 4) is 5.75 Å². The molecule has 1 heterocycles. The minimum absolute atomic E-state index is 0.0331. The molecule has 0 bridgehead atoms. The molecule has 2 unspecified atom stereocenters. The zero-order valence-electron chi connectivity index (χ0n) is 11.8. The van der Waals surface area contributed by atoms with Crippen LogP contribution < -0.4 is 16.0 Å². The minimum atomic E-state index is 0.0331. The van der Waals surface area contributed by atoms with Crippen molar-refractivity contribution < 1.29 is 9.47 Å². The van der Waals surface area contributed by atoms with Gasteiger partial charge in [0.15, 0.2) is 0 Å². The molecule has 0 fully saturated rings. The SMILES string of the molecule is CCCC(OCC)C(NN)c1ccc2c(c1)CCO2. The Bertz CT molecular complexity index is 403. The van der Waals surface area contributed by atoms with Crippen LogP contribution in [0.5, 0.6) is 5.75 Å². The molecular formula is C15H24N2O2. The number of hydrogen-bond acceptors (Lipinski definition) is 4. The van der Waals surface area contributed by atoms with E-state index in [1.807, 2.05) is 13.0 Å². The molecule has 0 saturated carbocycles. The van der Waals surface area contributed by atoms with Crippen LogP contribution in [-0.2, 0) is 11.2 Å². The van der Waals surface area contributed by atoms with E-state index >= 15 is 0 Å². The van der Waals surface area contributed by atoms with Crippen molar-refractivity contribution >= 4 is 0 Å². The van der Waals surface area contributed by atoms with Gasteiger partial charge in [-0.15, -0.1) is 0 Å². The monoisotopic (exact) mass is 264 g/mol. The van der Waals surface area contributed by atoms with Crippen LogP contribution in [0.3, 0.4) is 0 Å². The molecule has 4 heteroatoms. The maximum Gasteiger partial charge on any atom is 0.122 e. The number of nitrogens with two attached hydrogens (primary N) is 1. The van der Waals surface area contributed by atoms with Crippen molar-refractivity contribution in [2.45, 2.75) is 45.3 Å². The van der Waals surface area contributed by atoms with E-state index in [4.69, 9.17) is 15.3 Å². The first-order valence-electron chi connectivity index (χ1n) is 7.13. The van der Waals surface area contributed by atoms with E-state index in [9.17, 15) is 0 Å². The largest absolute Gasteiger partial charge is 0.493 e. The molecule has 19 heavy (non-hydrogen) atoms. The quantitative estimate of drug-likeness (QED) is 0.586. The fraction of sp³-hybridized carbons (Fsp3) is 0.600. The topological polar surface area (TPSA) is 56.5 Å². The second kappa shape index (κ2) is 6.89. The lowest BCUT2D eigenvalue weighted by atomic mass is 9.96. The maximum atomic E-state index is 5.84. The maximum absolute atomic E-state index is 5.84. The molecule has 0 aliphatic carbocycles. The predicted molar refractivity (Wildman–Crippen MR) is 76.0 cm³/mol. The van der Waals surface area contributed by atoms with Gasteiger partial charge in [-0.25, -0.2) is 0 Å². The van der Waals surface area contributed by atoms with Gasteiger partial charge >= 0.3 is 0 Å². The Hall–Kier alpha value is -1.10. The smallest absolute Gasteiger partial charge is 0.122 e. The molecule has 1 aliphatic rings. The van der Waals surface area contributed by atoms with E-state index in [1.54, 1.807) is 0 Å². The van der Waals surface area contributed by atoms with E-state index in [1.165, 1.54) is 11.1 Å².